The number of carbonyl (C=O) groups excluding carboxylic acids is 2. The smallest absolute Gasteiger partial charge is 0.259 e. The van der Waals surface area contributed by atoms with Crippen molar-refractivity contribution in [1.82, 2.24) is 10.2 Å². The van der Waals surface area contributed by atoms with Crippen LogP contribution in [0.25, 0.3) is 0 Å². The van der Waals surface area contributed by atoms with E-state index in [2.05, 4.69) is 27.9 Å². The van der Waals surface area contributed by atoms with Gasteiger partial charge in [0, 0.05) is 20.4 Å². The summed E-state index contributed by atoms with van der Waals surface area (Å²) in [6, 6.07) is 7.76. The van der Waals surface area contributed by atoms with Gasteiger partial charge in [0.25, 0.3) is 11.8 Å². The molecule has 1 heterocycles. The lowest BCUT2D eigenvalue weighted by atomic mass is 9.81. The van der Waals surface area contributed by atoms with E-state index >= 15 is 0 Å². The first-order valence-electron chi connectivity index (χ1n) is 9.25. The molecule has 2 amide bonds. The van der Waals surface area contributed by atoms with E-state index in [0.717, 1.165) is 66.2 Å². The normalized spacial score (nSPS) is 22.6. The molecule has 0 atom stereocenters. The minimum Gasteiger partial charge on any atom is -0.329 e. The SMILES string of the molecule is O=C1NC2(CCCCC2)N(C(=O)c2cccc(I)c2)C2=C1CCCC2. The van der Waals surface area contributed by atoms with Gasteiger partial charge >= 0.3 is 0 Å². The Hall–Kier alpha value is -1.37. The van der Waals surface area contributed by atoms with Gasteiger partial charge in [-0.25, -0.2) is 0 Å². The van der Waals surface area contributed by atoms with Gasteiger partial charge in [-0.15, -0.1) is 0 Å². The summed E-state index contributed by atoms with van der Waals surface area (Å²) in [5, 5.41) is 3.25. The molecule has 1 N–H and O–H groups in total. The molecule has 1 aromatic rings. The predicted octanol–water partition coefficient (Wildman–Crippen LogP) is 4.35. The number of benzene rings is 1. The van der Waals surface area contributed by atoms with Crippen molar-refractivity contribution in [2.75, 3.05) is 0 Å². The highest BCUT2D eigenvalue weighted by molar-refractivity contribution is 14.1. The summed E-state index contributed by atoms with van der Waals surface area (Å²) in [7, 11) is 0. The van der Waals surface area contributed by atoms with Crippen LogP contribution in [0.15, 0.2) is 35.5 Å². The molecule has 5 heteroatoms. The van der Waals surface area contributed by atoms with Crippen molar-refractivity contribution in [3.05, 3.63) is 44.7 Å². The summed E-state index contributed by atoms with van der Waals surface area (Å²) in [6.07, 6.45) is 8.69. The molecule has 1 spiro atoms. The Balaban J connectivity index is 1.82. The maximum Gasteiger partial charge on any atom is 0.259 e. The van der Waals surface area contributed by atoms with E-state index in [4.69, 9.17) is 0 Å². The Morgan fingerprint density at radius 3 is 2.60 bits per heavy atom. The van der Waals surface area contributed by atoms with E-state index in [1.54, 1.807) is 0 Å². The van der Waals surface area contributed by atoms with Gasteiger partial charge in [-0.05, 0) is 92.2 Å². The molecular formula is C20H23IN2O2. The minimum atomic E-state index is -0.524. The van der Waals surface area contributed by atoms with Crippen molar-refractivity contribution in [2.45, 2.75) is 63.5 Å². The summed E-state index contributed by atoms with van der Waals surface area (Å²) in [4.78, 5) is 28.3. The van der Waals surface area contributed by atoms with Crippen molar-refractivity contribution in [3.63, 3.8) is 0 Å². The Morgan fingerprint density at radius 1 is 1.08 bits per heavy atom. The maximum absolute atomic E-state index is 13.5. The van der Waals surface area contributed by atoms with E-state index in [1.165, 1.54) is 6.42 Å². The highest BCUT2D eigenvalue weighted by Crippen LogP contribution is 2.42. The van der Waals surface area contributed by atoms with Crippen molar-refractivity contribution in [2.24, 2.45) is 0 Å². The van der Waals surface area contributed by atoms with E-state index in [-0.39, 0.29) is 11.8 Å². The molecule has 1 aliphatic heterocycles. The van der Waals surface area contributed by atoms with Crippen LogP contribution in [0.5, 0.6) is 0 Å². The van der Waals surface area contributed by atoms with Crippen LogP contribution >= 0.6 is 22.6 Å². The molecule has 25 heavy (non-hydrogen) atoms. The monoisotopic (exact) mass is 450 g/mol. The zero-order valence-electron chi connectivity index (χ0n) is 14.3. The summed E-state index contributed by atoms with van der Waals surface area (Å²) in [5.41, 5.74) is 2.01. The minimum absolute atomic E-state index is 0.0369. The Kier molecular flexibility index (Phi) is 4.60. The third-order valence-electron chi connectivity index (χ3n) is 5.71. The van der Waals surface area contributed by atoms with Gasteiger partial charge in [0.1, 0.15) is 5.66 Å². The lowest BCUT2D eigenvalue weighted by Crippen LogP contribution is -2.66. The third kappa shape index (κ3) is 3.00. The van der Waals surface area contributed by atoms with Gasteiger partial charge in [0.15, 0.2) is 0 Å². The number of hydrogen-bond acceptors (Lipinski definition) is 2. The fourth-order valence-corrected chi connectivity index (χ4v) is 5.08. The molecule has 1 fully saturated rings. The fourth-order valence-electron chi connectivity index (χ4n) is 4.53. The average molecular weight is 450 g/mol. The van der Waals surface area contributed by atoms with Crippen molar-refractivity contribution in [1.29, 1.82) is 0 Å². The van der Waals surface area contributed by atoms with Crippen LogP contribution in [0.1, 0.15) is 68.1 Å². The number of allylic oxidation sites excluding steroid dienone is 1. The van der Waals surface area contributed by atoms with E-state index in [1.807, 2.05) is 29.2 Å². The highest BCUT2D eigenvalue weighted by Gasteiger charge is 2.48. The average Bonchev–Trinajstić information content (AvgIpc) is 2.62. The van der Waals surface area contributed by atoms with Crippen LogP contribution in [0, 0.1) is 3.57 Å². The van der Waals surface area contributed by atoms with E-state index in [0.29, 0.717) is 5.56 Å². The van der Waals surface area contributed by atoms with Gasteiger partial charge in [-0.1, -0.05) is 12.5 Å². The number of carbonyl (C=O) groups is 2. The second kappa shape index (κ2) is 6.74. The number of rotatable bonds is 1. The summed E-state index contributed by atoms with van der Waals surface area (Å²) < 4.78 is 1.06. The maximum atomic E-state index is 13.5. The van der Waals surface area contributed by atoms with Gasteiger partial charge in [-0.3, -0.25) is 14.5 Å². The quantitative estimate of drug-likeness (QED) is 0.647. The molecule has 4 nitrogen and oxygen atoms in total. The molecule has 1 aromatic carbocycles. The summed E-state index contributed by atoms with van der Waals surface area (Å²) >= 11 is 2.24. The lowest BCUT2D eigenvalue weighted by Gasteiger charge is -2.51. The van der Waals surface area contributed by atoms with Gasteiger partial charge < -0.3 is 5.32 Å². The molecule has 0 bridgehead atoms. The van der Waals surface area contributed by atoms with Gasteiger partial charge in [0.2, 0.25) is 0 Å². The molecule has 1 saturated carbocycles. The second-order valence-electron chi connectivity index (χ2n) is 7.33. The Morgan fingerprint density at radius 2 is 1.84 bits per heavy atom. The zero-order valence-corrected chi connectivity index (χ0v) is 16.5. The first kappa shape index (κ1) is 17.1. The number of halogens is 1. The molecular weight excluding hydrogens is 427 g/mol. The third-order valence-corrected chi connectivity index (χ3v) is 6.38. The standard InChI is InChI=1S/C20H23IN2O2/c21-15-8-6-7-14(13-15)19(25)23-17-10-3-2-9-16(17)18(24)22-20(23)11-4-1-5-12-20/h6-8,13H,1-5,9-12H2,(H,22,24). The number of nitrogens with zero attached hydrogens (tertiary/aromatic N) is 1. The number of amides is 2. The van der Waals surface area contributed by atoms with Crippen LogP contribution in [0.2, 0.25) is 0 Å². The second-order valence-corrected chi connectivity index (χ2v) is 8.58. The Labute approximate surface area is 162 Å². The predicted molar refractivity (Wildman–Crippen MR) is 105 cm³/mol. The summed E-state index contributed by atoms with van der Waals surface area (Å²) in [6.45, 7) is 0. The molecule has 0 unspecified atom stereocenters. The first-order valence-corrected chi connectivity index (χ1v) is 10.3. The molecule has 3 aliphatic rings. The highest BCUT2D eigenvalue weighted by atomic mass is 127. The molecule has 132 valence electrons. The van der Waals surface area contributed by atoms with Gasteiger partial charge in [-0.2, -0.15) is 0 Å². The van der Waals surface area contributed by atoms with Crippen LogP contribution in [-0.2, 0) is 4.79 Å². The molecule has 0 radical (unpaired) electrons. The lowest BCUT2D eigenvalue weighted by molar-refractivity contribution is -0.124. The van der Waals surface area contributed by atoms with E-state index in [9.17, 15) is 9.59 Å². The van der Waals surface area contributed by atoms with Gasteiger partial charge in [0.05, 0.1) is 0 Å². The number of hydrogen-bond donors (Lipinski definition) is 1. The van der Waals surface area contributed by atoms with Crippen LogP contribution < -0.4 is 5.32 Å². The van der Waals surface area contributed by atoms with Crippen molar-refractivity contribution in [3.8, 4) is 0 Å². The van der Waals surface area contributed by atoms with E-state index < -0.39 is 5.66 Å². The summed E-state index contributed by atoms with van der Waals surface area (Å²) in [5.74, 6) is 0.0955. The van der Waals surface area contributed by atoms with Crippen LogP contribution in [0.3, 0.4) is 0 Å². The molecule has 4 rings (SSSR count). The molecule has 2 aliphatic carbocycles. The van der Waals surface area contributed by atoms with Crippen molar-refractivity contribution >= 4 is 34.4 Å². The topological polar surface area (TPSA) is 49.4 Å². The van der Waals surface area contributed by atoms with Crippen LogP contribution in [-0.4, -0.2) is 22.4 Å². The van der Waals surface area contributed by atoms with Crippen LogP contribution in [0.4, 0.5) is 0 Å². The Bertz CT molecular complexity index is 750. The van der Waals surface area contributed by atoms with Crippen molar-refractivity contribution < 1.29 is 9.59 Å². The molecule has 0 aromatic heterocycles. The fraction of sp³-hybridized carbons (Fsp3) is 0.500. The first-order chi connectivity index (χ1) is 12.1. The zero-order chi connectivity index (χ0) is 17.4. The largest absolute Gasteiger partial charge is 0.329 e. The molecule has 0 saturated heterocycles. The number of nitrogens with one attached hydrogen (secondary N) is 1.